The molecule has 2 fully saturated rings. The first-order valence-corrected chi connectivity index (χ1v) is 5.31. The van der Waals surface area contributed by atoms with Gasteiger partial charge in [0.1, 0.15) is 0 Å². The van der Waals surface area contributed by atoms with Crippen molar-refractivity contribution in [3.63, 3.8) is 0 Å². The highest BCUT2D eigenvalue weighted by atomic mass is 16.5. The van der Waals surface area contributed by atoms with Crippen LogP contribution in [0.5, 0.6) is 0 Å². The first kappa shape index (κ1) is 10.4. The van der Waals surface area contributed by atoms with Crippen molar-refractivity contribution in [1.29, 1.82) is 0 Å². The molecule has 0 amide bonds. The Balaban J connectivity index is 1.66. The molecule has 0 radical (unpaired) electrons. The SMILES string of the molecule is O=C1OCCC1CNCC1CCOC1=O. The smallest absolute Gasteiger partial charge is 0.310 e. The Morgan fingerprint density at radius 2 is 1.47 bits per heavy atom. The van der Waals surface area contributed by atoms with E-state index in [1.165, 1.54) is 0 Å². The van der Waals surface area contributed by atoms with E-state index < -0.39 is 0 Å². The molecule has 2 unspecified atom stereocenters. The molecule has 0 aromatic heterocycles. The Morgan fingerprint density at radius 3 is 1.80 bits per heavy atom. The summed E-state index contributed by atoms with van der Waals surface area (Å²) in [4.78, 5) is 22.2. The van der Waals surface area contributed by atoms with Crippen LogP contribution in [0.15, 0.2) is 0 Å². The van der Waals surface area contributed by atoms with Crippen molar-refractivity contribution in [2.24, 2.45) is 11.8 Å². The van der Waals surface area contributed by atoms with Crippen molar-refractivity contribution >= 4 is 11.9 Å². The molecule has 0 aromatic carbocycles. The summed E-state index contributed by atoms with van der Waals surface area (Å²) in [5.41, 5.74) is 0. The number of cyclic esters (lactones) is 2. The second-order valence-corrected chi connectivity index (χ2v) is 3.96. The van der Waals surface area contributed by atoms with Gasteiger partial charge in [-0.25, -0.2) is 0 Å². The molecule has 2 aliphatic rings. The maximum atomic E-state index is 11.1. The fourth-order valence-corrected chi connectivity index (χ4v) is 1.88. The van der Waals surface area contributed by atoms with Crippen molar-refractivity contribution in [3.8, 4) is 0 Å². The van der Waals surface area contributed by atoms with Crippen LogP contribution in [0.4, 0.5) is 0 Å². The summed E-state index contributed by atoms with van der Waals surface area (Å²) in [7, 11) is 0. The third-order valence-electron chi connectivity index (χ3n) is 2.87. The summed E-state index contributed by atoms with van der Waals surface area (Å²) in [5, 5.41) is 3.13. The fraction of sp³-hybridized carbons (Fsp3) is 0.800. The van der Waals surface area contributed by atoms with E-state index in [0.717, 1.165) is 12.8 Å². The van der Waals surface area contributed by atoms with Gasteiger partial charge in [0.25, 0.3) is 0 Å². The summed E-state index contributed by atoms with van der Waals surface area (Å²) in [6.07, 6.45) is 1.56. The number of nitrogens with one attached hydrogen (secondary N) is 1. The first-order chi connectivity index (χ1) is 7.27. The normalized spacial score (nSPS) is 30.4. The van der Waals surface area contributed by atoms with E-state index in [0.29, 0.717) is 26.3 Å². The van der Waals surface area contributed by atoms with E-state index >= 15 is 0 Å². The highest BCUT2D eigenvalue weighted by Crippen LogP contribution is 2.15. The van der Waals surface area contributed by atoms with Gasteiger partial charge in [-0.15, -0.1) is 0 Å². The molecule has 0 saturated carbocycles. The molecule has 84 valence electrons. The fourth-order valence-electron chi connectivity index (χ4n) is 1.88. The highest BCUT2D eigenvalue weighted by Gasteiger charge is 2.28. The molecule has 5 nitrogen and oxygen atoms in total. The van der Waals surface area contributed by atoms with Gasteiger partial charge < -0.3 is 14.8 Å². The van der Waals surface area contributed by atoms with Crippen molar-refractivity contribution in [1.82, 2.24) is 5.32 Å². The number of rotatable bonds is 4. The number of hydrogen-bond donors (Lipinski definition) is 1. The lowest BCUT2D eigenvalue weighted by molar-refractivity contribution is -0.141. The zero-order valence-electron chi connectivity index (χ0n) is 8.53. The average molecular weight is 213 g/mol. The second kappa shape index (κ2) is 4.61. The van der Waals surface area contributed by atoms with Crippen LogP contribution in [0, 0.1) is 11.8 Å². The summed E-state index contributed by atoms with van der Waals surface area (Å²) in [5.74, 6) is -0.335. The van der Waals surface area contributed by atoms with Crippen LogP contribution >= 0.6 is 0 Å². The van der Waals surface area contributed by atoms with Crippen LogP contribution in [0.3, 0.4) is 0 Å². The molecular weight excluding hydrogens is 198 g/mol. The Labute approximate surface area is 88.1 Å². The predicted octanol–water partition coefficient (Wildman–Crippen LogP) is -0.298. The van der Waals surface area contributed by atoms with Crippen LogP contribution in [0.2, 0.25) is 0 Å². The van der Waals surface area contributed by atoms with Gasteiger partial charge in [-0.2, -0.15) is 0 Å². The van der Waals surface area contributed by atoms with E-state index in [1.807, 2.05) is 0 Å². The summed E-state index contributed by atoms with van der Waals surface area (Å²) < 4.78 is 9.68. The van der Waals surface area contributed by atoms with E-state index in [4.69, 9.17) is 9.47 Å². The van der Waals surface area contributed by atoms with Gasteiger partial charge in [0.05, 0.1) is 25.0 Å². The first-order valence-electron chi connectivity index (χ1n) is 5.31. The molecule has 2 rings (SSSR count). The Hall–Kier alpha value is -1.10. The largest absolute Gasteiger partial charge is 0.465 e. The lowest BCUT2D eigenvalue weighted by atomic mass is 10.1. The molecule has 2 saturated heterocycles. The van der Waals surface area contributed by atoms with Crippen molar-refractivity contribution in [2.75, 3.05) is 26.3 Å². The highest BCUT2D eigenvalue weighted by molar-refractivity contribution is 5.75. The number of esters is 2. The van der Waals surface area contributed by atoms with Crippen molar-refractivity contribution in [3.05, 3.63) is 0 Å². The summed E-state index contributed by atoms with van der Waals surface area (Å²) in [6, 6.07) is 0. The van der Waals surface area contributed by atoms with Crippen LogP contribution in [0.1, 0.15) is 12.8 Å². The van der Waals surface area contributed by atoms with E-state index in [-0.39, 0.29) is 23.8 Å². The van der Waals surface area contributed by atoms with E-state index in [9.17, 15) is 9.59 Å². The Bertz CT molecular complexity index is 240. The number of hydrogen-bond acceptors (Lipinski definition) is 5. The minimum atomic E-state index is -0.128. The van der Waals surface area contributed by atoms with Crippen molar-refractivity contribution < 1.29 is 19.1 Å². The Morgan fingerprint density at radius 1 is 1.00 bits per heavy atom. The molecule has 0 aliphatic carbocycles. The number of carbonyl (C=O) groups is 2. The van der Waals surface area contributed by atoms with Crippen LogP contribution in [-0.4, -0.2) is 38.2 Å². The molecule has 2 aliphatic heterocycles. The van der Waals surface area contributed by atoms with Crippen molar-refractivity contribution in [2.45, 2.75) is 12.8 Å². The zero-order valence-corrected chi connectivity index (χ0v) is 8.53. The molecule has 15 heavy (non-hydrogen) atoms. The lowest BCUT2D eigenvalue weighted by Crippen LogP contribution is -2.31. The summed E-state index contributed by atoms with van der Waals surface area (Å²) >= 11 is 0. The van der Waals surface area contributed by atoms with E-state index in [1.54, 1.807) is 0 Å². The molecule has 5 heteroatoms. The minimum Gasteiger partial charge on any atom is -0.465 e. The van der Waals surface area contributed by atoms with Crippen LogP contribution in [0.25, 0.3) is 0 Å². The Kier molecular flexibility index (Phi) is 3.20. The third-order valence-corrected chi connectivity index (χ3v) is 2.87. The molecular formula is C10H15NO4. The maximum Gasteiger partial charge on any atom is 0.310 e. The second-order valence-electron chi connectivity index (χ2n) is 3.96. The van der Waals surface area contributed by atoms with Gasteiger partial charge in [0.15, 0.2) is 0 Å². The molecule has 1 N–H and O–H groups in total. The van der Waals surface area contributed by atoms with Crippen LogP contribution in [-0.2, 0) is 19.1 Å². The quantitative estimate of drug-likeness (QED) is 0.650. The monoisotopic (exact) mass is 213 g/mol. The van der Waals surface area contributed by atoms with Gasteiger partial charge >= 0.3 is 11.9 Å². The van der Waals surface area contributed by atoms with Gasteiger partial charge in [0, 0.05) is 13.1 Å². The van der Waals surface area contributed by atoms with E-state index in [2.05, 4.69) is 5.32 Å². The van der Waals surface area contributed by atoms with Crippen LogP contribution < -0.4 is 5.32 Å². The topological polar surface area (TPSA) is 64.6 Å². The number of ether oxygens (including phenoxy) is 2. The third kappa shape index (κ3) is 2.47. The molecule has 2 atom stereocenters. The standard InChI is InChI=1S/C10H15NO4/c12-9-7(1-3-14-9)5-11-6-8-2-4-15-10(8)13/h7-8,11H,1-6H2. The minimum absolute atomic E-state index is 0.0394. The predicted molar refractivity (Wildman–Crippen MR) is 51.0 cm³/mol. The lowest BCUT2D eigenvalue weighted by Gasteiger charge is -2.09. The van der Waals surface area contributed by atoms with Gasteiger partial charge in [-0.05, 0) is 12.8 Å². The maximum absolute atomic E-state index is 11.1. The molecule has 2 heterocycles. The van der Waals surface area contributed by atoms with Gasteiger partial charge in [-0.3, -0.25) is 9.59 Å². The number of carbonyl (C=O) groups excluding carboxylic acids is 2. The summed E-state index contributed by atoms with van der Waals surface area (Å²) in [6.45, 7) is 2.25. The average Bonchev–Trinajstić information content (AvgIpc) is 2.78. The molecule has 0 aromatic rings. The molecule has 0 bridgehead atoms. The van der Waals surface area contributed by atoms with Gasteiger partial charge in [-0.1, -0.05) is 0 Å². The van der Waals surface area contributed by atoms with Gasteiger partial charge in [0.2, 0.25) is 0 Å². The molecule has 0 spiro atoms. The zero-order chi connectivity index (χ0) is 10.7.